The minimum absolute atomic E-state index is 0.169. The van der Waals surface area contributed by atoms with Gasteiger partial charge in [-0.1, -0.05) is 12.1 Å². The first-order chi connectivity index (χ1) is 17.1. The zero-order valence-electron chi connectivity index (χ0n) is 19.2. The van der Waals surface area contributed by atoms with Crippen molar-refractivity contribution in [2.24, 2.45) is 17.8 Å². The summed E-state index contributed by atoms with van der Waals surface area (Å²) in [6.07, 6.45) is 9.28. The van der Waals surface area contributed by atoms with Crippen molar-refractivity contribution in [3.05, 3.63) is 48.0 Å². The Balaban J connectivity index is 1.41. The predicted molar refractivity (Wildman–Crippen MR) is 131 cm³/mol. The lowest BCUT2D eigenvalue weighted by Gasteiger charge is -2.47. The Bertz CT molecular complexity index is 1470. The molecule has 0 saturated heterocycles. The number of halogens is 1. The number of hydrogen-bond acceptors (Lipinski definition) is 5. The maximum absolute atomic E-state index is 14.0. The van der Waals surface area contributed by atoms with Crippen molar-refractivity contribution >= 4 is 33.7 Å². The van der Waals surface area contributed by atoms with Crippen molar-refractivity contribution in [3.8, 4) is 11.4 Å². The van der Waals surface area contributed by atoms with Gasteiger partial charge in [0.05, 0.1) is 17.6 Å². The van der Waals surface area contributed by atoms with Gasteiger partial charge in [-0.25, -0.2) is 19.3 Å². The molecule has 2 bridgehead atoms. The lowest BCUT2D eigenvalue weighted by molar-refractivity contribution is -0.148. The van der Waals surface area contributed by atoms with Gasteiger partial charge < -0.3 is 15.4 Å². The number of anilines is 1. The fourth-order valence-electron chi connectivity index (χ4n) is 6.46. The topological polar surface area (TPSA) is 104 Å². The lowest BCUT2D eigenvalue weighted by Crippen LogP contribution is -2.51. The number of rotatable bonds is 5. The molecule has 178 valence electrons. The zero-order chi connectivity index (χ0) is 23.7. The van der Waals surface area contributed by atoms with E-state index >= 15 is 0 Å². The first-order valence-electron chi connectivity index (χ1n) is 12.5. The van der Waals surface area contributed by atoms with E-state index in [2.05, 4.69) is 21.4 Å². The van der Waals surface area contributed by atoms with Gasteiger partial charge in [0, 0.05) is 28.6 Å². The molecule has 0 spiro atoms. The Morgan fingerprint density at radius 3 is 2.63 bits per heavy atom. The molecule has 4 fully saturated rings. The second kappa shape index (κ2) is 7.73. The van der Waals surface area contributed by atoms with E-state index in [1.807, 2.05) is 12.1 Å². The molecule has 8 rings (SSSR count). The summed E-state index contributed by atoms with van der Waals surface area (Å²) in [5, 5.41) is 15.2. The quantitative estimate of drug-likeness (QED) is 0.356. The van der Waals surface area contributed by atoms with Crippen molar-refractivity contribution in [2.45, 2.75) is 50.5 Å². The Kier molecular flexibility index (Phi) is 4.59. The summed E-state index contributed by atoms with van der Waals surface area (Å²) in [5.74, 6) is 0.572. The van der Waals surface area contributed by atoms with Crippen molar-refractivity contribution in [1.82, 2.24) is 19.9 Å². The van der Waals surface area contributed by atoms with Gasteiger partial charge in [-0.3, -0.25) is 4.79 Å². The minimum Gasteiger partial charge on any atom is -0.481 e. The molecule has 1 aromatic carbocycles. The smallest absolute Gasteiger partial charge is 0.308 e. The maximum Gasteiger partial charge on any atom is 0.308 e. The van der Waals surface area contributed by atoms with Crippen molar-refractivity contribution < 1.29 is 14.3 Å². The third-order valence-corrected chi connectivity index (χ3v) is 8.32. The first-order valence-corrected chi connectivity index (χ1v) is 12.5. The van der Waals surface area contributed by atoms with Crippen LogP contribution in [0.4, 0.5) is 10.2 Å². The number of H-pyrrole nitrogens is 1. The number of aromatic amines is 1. The SMILES string of the molecule is O=C(O)C1C2CCC(CC2)C1Nc1nc(-c2c[nH]c3ncc(F)cc23)nc2c(C3CC3)cccc12. The number of pyridine rings is 1. The fourth-order valence-corrected chi connectivity index (χ4v) is 6.46. The largest absolute Gasteiger partial charge is 0.481 e. The predicted octanol–water partition coefficient (Wildman–Crippen LogP) is 5.49. The lowest BCUT2D eigenvalue weighted by atomic mass is 9.61. The highest BCUT2D eigenvalue weighted by molar-refractivity contribution is 5.97. The minimum atomic E-state index is -0.729. The van der Waals surface area contributed by atoms with Crippen LogP contribution in [-0.4, -0.2) is 37.1 Å². The molecule has 2 unspecified atom stereocenters. The molecule has 4 aliphatic carbocycles. The van der Waals surface area contributed by atoms with E-state index in [1.54, 1.807) is 6.20 Å². The van der Waals surface area contributed by atoms with E-state index in [-0.39, 0.29) is 12.0 Å². The number of carbonyl (C=O) groups is 1. The molecule has 3 N–H and O–H groups in total. The van der Waals surface area contributed by atoms with Gasteiger partial charge in [-0.05, 0) is 74.0 Å². The molecular weight excluding hydrogens is 445 g/mol. The van der Waals surface area contributed by atoms with Gasteiger partial charge in [-0.15, -0.1) is 0 Å². The molecule has 35 heavy (non-hydrogen) atoms. The van der Waals surface area contributed by atoms with Crippen LogP contribution in [0.1, 0.15) is 50.0 Å². The van der Waals surface area contributed by atoms with E-state index in [4.69, 9.17) is 9.97 Å². The molecule has 8 heteroatoms. The van der Waals surface area contributed by atoms with Gasteiger partial charge >= 0.3 is 5.97 Å². The van der Waals surface area contributed by atoms with Crippen LogP contribution in [0.3, 0.4) is 0 Å². The highest BCUT2D eigenvalue weighted by Gasteiger charge is 2.47. The molecule has 0 amide bonds. The van der Waals surface area contributed by atoms with Gasteiger partial charge in [0.25, 0.3) is 0 Å². The van der Waals surface area contributed by atoms with Crippen LogP contribution in [0.15, 0.2) is 36.7 Å². The van der Waals surface area contributed by atoms with Gasteiger partial charge in [0.15, 0.2) is 5.82 Å². The average Bonchev–Trinajstić information content (AvgIpc) is 3.63. The van der Waals surface area contributed by atoms with Crippen LogP contribution in [0.5, 0.6) is 0 Å². The number of carboxylic acid groups (broad SMARTS) is 1. The Hall–Kier alpha value is -3.55. The Morgan fingerprint density at radius 1 is 1.06 bits per heavy atom. The highest BCUT2D eigenvalue weighted by atomic mass is 19.1. The Labute approximate surface area is 201 Å². The zero-order valence-corrected chi connectivity index (χ0v) is 19.2. The van der Waals surface area contributed by atoms with Crippen LogP contribution in [-0.2, 0) is 4.79 Å². The molecule has 4 saturated carbocycles. The second-order valence-electron chi connectivity index (χ2n) is 10.4. The molecule has 7 nitrogen and oxygen atoms in total. The monoisotopic (exact) mass is 471 g/mol. The number of benzene rings is 1. The number of nitrogens with zero attached hydrogens (tertiary/aromatic N) is 3. The molecule has 3 aromatic heterocycles. The van der Waals surface area contributed by atoms with Crippen LogP contribution >= 0.6 is 0 Å². The number of hydrogen-bond donors (Lipinski definition) is 3. The van der Waals surface area contributed by atoms with Crippen LogP contribution in [0.25, 0.3) is 33.3 Å². The second-order valence-corrected chi connectivity index (χ2v) is 10.4. The van der Waals surface area contributed by atoms with Crippen LogP contribution < -0.4 is 5.32 Å². The fraction of sp³-hybridized carbons (Fsp3) is 0.407. The molecule has 2 atom stereocenters. The van der Waals surface area contributed by atoms with E-state index in [9.17, 15) is 14.3 Å². The van der Waals surface area contributed by atoms with E-state index in [1.165, 1.54) is 17.8 Å². The number of aliphatic carboxylic acids is 1. The Morgan fingerprint density at radius 2 is 1.86 bits per heavy atom. The maximum atomic E-state index is 14.0. The van der Waals surface area contributed by atoms with Crippen molar-refractivity contribution in [2.75, 3.05) is 5.32 Å². The van der Waals surface area contributed by atoms with Crippen molar-refractivity contribution in [3.63, 3.8) is 0 Å². The summed E-state index contributed by atoms with van der Waals surface area (Å²) < 4.78 is 14.0. The number of para-hydroxylation sites is 1. The van der Waals surface area contributed by atoms with Gasteiger partial charge in [-0.2, -0.15) is 0 Å². The molecule has 4 aromatic rings. The normalized spacial score (nSPS) is 25.9. The molecule has 0 radical (unpaired) electrons. The number of nitrogens with one attached hydrogen (secondary N) is 2. The van der Waals surface area contributed by atoms with E-state index in [0.29, 0.717) is 40.1 Å². The summed E-state index contributed by atoms with van der Waals surface area (Å²) in [5.41, 5.74) is 3.33. The molecule has 0 aliphatic heterocycles. The average molecular weight is 472 g/mol. The molecule has 3 heterocycles. The molecular formula is C27H26FN5O2. The third-order valence-electron chi connectivity index (χ3n) is 8.32. The van der Waals surface area contributed by atoms with Crippen molar-refractivity contribution in [1.29, 1.82) is 0 Å². The van der Waals surface area contributed by atoms with Crippen LogP contribution in [0.2, 0.25) is 0 Å². The first kappa shape index (κ1) is 20.8. The van der Waals surface area contributed by atoms with E-state index < -0.39 is 17.7 Å². The number of aromatic nitrogens is 4. The number of carboxylic acids is 1. The summed E-state index contributed by atoms with van der Waals surface area (Å²) in [6, 6.07) is 7.46. The highest BCUT2D eigenvalue weighted by Crippen LogP contribution is 2.48. The summed E-state index contributed by atoms with van der Waals surface area (Å²) in [7, 11) is 0. The summed E-state index contributed by atoms with van der Waals surface area (Å²) in [6.45, 7) is 0. The summed E-state index contributed by atoms with van der Waals surface area (Å²) in [4.78, 5) is 29.4. The standard InChI is InChI=1S/C27H26FN5O2/c28-16-10-19-20(12-30-24(19)29-11-16)26-32-23-17(13-4-5-13)2-1-3-18(23)25(33-26)31-22-15-8-6-14(7-9-15)21(22)27(34)35/h1-3,10-15,21-22H,4-9H2,(H,29,30)(H,34,35)(H,31,32,33). The van der Waals surface area contributed by atoms with Gasteiger partial charge in [0.2, 0.25) is 0 Å². The summed E-state index contributed by atoms with van der Waals surface area (Å²) >= 11 is 0. The van der Waals surface area contributed by atoms with Crippen LogP contribution in [0, 0.1) is 23.6 Å². The van der Waals surface area contributed by atoms with Gasteiger partial charge in [0.1, 0.15) is 17.3 Å². The molecule has 4 aliphatic rings. The van der Waals surface area contributed by atoms with E-state index in [0.717, 1.165) is 49.4 Å². The number of fused-ring (bicyclic) bond motifs is 5. The third kappa shape index (κ3) is 3.38.